The first-order chi connectivity index (χ1) is 21.7. The first-order valence-corrected chi connectivity index (χ1v) is 15.1. The molecule has 1 saturated heterocycles. The SMILES string of the molecule is COc1ccc(CCNC(=O)CC2CN(c3cc(C)nc(-n4ccnc4)n3)CCN2C(=O)Nc2ccc(Cl)c(Cl)c2)cc1OC. The van der Waals surface area contributed by atoms with Crippen molar-refractivity contribution in [1.82, 2.24) is 29.7 Å². The molecule has 1 aliphatic rings. The van der Waals surface area contributed by atoms with Gasteiger partial charge in [-0.1, -0.05) is 29.3 Å². The summed E-state index contributed by atoms with van der Waals surface area (Å²) in [5.41, 5.74) is 2.28. The largest absolute Gasteiger partial charge is 0.493 e. The van der Waals surface area contributed by atoms with Crippen molar-refractivity contribution < 1.29 is 19.1 Å². The molecule has 236 valence electrons. The number of methoxy groups -OCH3 is 2. The van der Waals surface area contributed by atoms with Gasteiger partial charge in [0.15, 0.2) is 11.5 Å². The highest BCUT2D eigenvalue weighted by Crippen LogP contribution is 2.28. The number of anilines is 2. The number of amides is 3. The van der Waals surface area contributed by atoms with Gasteiger partial charge in [0, 0.05) is 62.4 Å². The minimum absolute atomic E-state index is 0.0929. The summed E-state index contributed by atoms with van der Waals surface area (Å²) in [5.74, 6) is 2.29. The molecule has 4 aromatic rings. The summed E-state index contributed by atoms with van der Waals surface area (Å²) in [6.45, 7) is 3.57. The molecule has 1 unspecified atom stereocenters. The van der Waals surface area contributed by atoms with Crippen LogP contribution in [0.15, 0.2) is 61.2 Å². The van der Waals surface area contributed by atoms with E-state index in [1.807, 2.05) is 31.2 Å². The topological polar surface area (TPSA) is 127 Å². The van der Waals surface area contributed by atoms with Crippen molar-refractivity contribution in [1.29, 1.82) is 0 Å². The number of halogens is 2. The number of aryl methyl sites for hydroxylation is 1. The summed E-state index contributed by atoms with van der Waals surface area (Å²) >= 11 is 12.2. The Morgan fingerprint density at radius 2 is 1.82 bits per heavy atom. The molecule has 0 bridgehead atoms. The van der Waals surface area contributed by atoms with Gasteiger partial charge in [-0.15, -0.1) is 0 Å². The predicted octanol–water partition coefficient (Wildman–Crippen LogP) is 4.77. The molecule has 1 fully saturated rings. The van der Waals surface area contributed by atoms with Gasteiger partial charge in [0.05, 0.1) is 30.3 Å². The van der Waals surface area contributed by atoms with E-state index in [-0.39, 0.29) is 18.4 Å². The van der Waals surface area contributed by atoms with E-state index in [9.17, 15) is 9.59 Å². The normalized spacial score (nSPS) is 14.6. The smallest absolute Gasteiger partial charge is 0.322 e. The average Bonchev–Trinajstić information content (AvgIpc) is 3.58. The molecule has 1 atom stereocenters. The molecule has 0 radical (unpaired) electrons. The zero-order valence-electron chi connectivity index (χ0n) is 25.2. The minimum atomic E-state index is -0.449. The van der Waals surface area contributed by atoms with E-state index in [0.29, 0.717) is 71.6 Å². The number of ether oxygens (including phenoxy) is 2. The van der Waals surface area contributed by atoms with Crippen molar-refractivity contribution in [3.63, 3.8) is 0 Å². The Morgan fingerprint density at radius 3 is 2.56 bits per heavy atom. The maximum absolute atomic E-state index is 13.5. The van der Waals surface area contributed by atoms with Gasteiger partial charge in [0.25, 0.3) is 0 Å². The van der Waals surface area contributed by atoms with Crippen LogP contribution in [0.1, 0.15) is 17.7 Å². The Bertz CT molecular complexity index is 1650. The second-order valence-electron chi connectivity index (χ2n) is 10.5. The molecule has 3 amide bonds. The highest BCUT2D eigenvalue weighted by Gasteiger charge is 2.33. The fourth-order valence-corrected chi connectivity index (χ4v) is 5.43. The highest BCUT2D eigenvalue weighted by molar-refractivity contribution is 6.42. The third-order valence-electron chi connectivity index (χ3n) is 7.41. The lowest BCUT2D eigenvalue weighted by Crippen LogP contribution is -2.57. The first kappa shape index (κ1) is 31.9. The van der Waals surface area contributed by atoms with Crippen LogP contribution in [0.2, 0.25) is 10.0 Å². The molecule has 14 heteroatoms. The fraction of sp³-hybridized carbons (Fsp3) is 0.323. The fourth-order valence-electron chi connectivity index (χ4n) is 5.13. The third-order valence-corrected chi connectivity index (χ3v) is 8.15. The summed E-state index contributed by atoms with van der Waals surface area (Å²) < 4.78 is 12.4. The second kappa shape index (κ2) is 14.5. The van der Waals surface area contributed by atoms with E-state index in [1.54, 1.807) is 60.6 Å². The molecule has 1 aliphatic heterocycles. The molecule has 12 nitrogen and oxygen atoms in total. The molecule has 0 saturated carbocycles. The van der Waals surface area contributed by atoms with Crippen LogP contribution in [0.3, 0.4) is 0 Å². The number of rotatable bonds is 10. The standard InChI is InChI=1S/C31H34Cl2N8O4/c1-20-14-28(38-30(36-20)40-11-10-34-19-40)39-12-13-41(31(43)37-22-5-6-24(32)25(33)16-22)23(18-39)17-29(42)35-9-8-21-4-7-26(44-2)27(15-21)45-3/h4-7,10-11,14-16,19,23H,8-9,12-13,17-18H2,1-3H3,(H,35,42)(H,37,43). The maximum atomic E-state index is 13.5. The number of piperazine rings is 1. The van der Waals surface area contributed by atoms with E-state index >= 15 is 0 Å². The zero-order chi connectivity index (χ0) is 31.9. The van der Waals surface area contributed by atoms with Crippen molar-refractivity contribution in [3.05, 3.63) is 82.5 Å². The minimum Gasteiger partial charge on any atom is -0.493 e. The van der Waals surface area contributed by atoms with Gasteiger partial charge in [-0.25, -0.2) is 14.8 Å². The van der Waals surface area contributed by atoms with Crippen LogP contribution in [0.25, 0.3) is 5.95 Å². The number of nitrogens with zero attached hydrogens (tertiary/aromatic N) is 6. The van der Waals surface area contributed by atoms with Crippen LogP contribution in [-0.2, 0) is 11.2 Å². The molecule has 2 aromatic carbocycles. The van der Waals surface area contributed by atoms with Crippen LogP contribution in [-0.4, -0.2) is 82.8 Å². The molecular formula is C31H34Cl2N8O4. The maximum Gasteiger partial charge on any atom is 0.322 e. The van der Waals surface area contributed by atoms with Crippen LogP contribution >= 0.6 is 23.2 Å². The van der Waals surface area contributed by atoms with Crippen molar-refractivity contribution in [3.8, 4) is 17.4 Å². The van der Waals surface area contributed by atoms with Gasteiger partial charge in [-0.3, -0.25) is 9.36 Å². The molecule has 45 heavy (non-hydrogen) atoms. The van der Waals surface area contributed by atoms with Crippen LogP contribution < -0.4 is 25.0 Å². The van der Waals surface area contributed by atoms with Gasteiger partial charge in [0.2, 0.25) is 11.9 Å². The van der Waals surface area contributed by atoms with Gasteiger partial charge in [-0.05, 0) is 49.2 Å². The summed E-state index contributed by atoms with van der Waals surface area (Å²) in [4.78, 5) is 43.9. The zero-order valence-corrected chi connectivity index (χ0v) is 26.7. The lowest BCUT2D eigenvalue weighted by Gasteiger charge is -2.41. The molecule has 2 aromatic heterocycles. The van der Waals surface area contributed by atoms with Gasteiger partial charge in [0.1, 0.15) is 12.1 Å². The van der Waals surface area contributed by atoms with Gasteiger partial charge < -0.3 is 29.9 Å². The summed E-state index contributed by atoms with van der Waals surface area (Å²) in [5, 5.41) is 6.62. The van der Waals surface area contributed by atoms with Crippen LogP contribution in [0.5, 0.6) is 11.5 Å². The van der Waals surface area contributed by atoms with Crippen LogP contribution in [0, 0.1) is 6.92 Å². The van der Waals surface area contributed by atoms with Crippen molar-refractivity contribution in [2.24, 2.45) is 0 Å². The number of aromatic nitrogens is 4. The molecular weight excluding hydrogens is 619 g/mol. The lowest BCUT2D eigenvalue weighted by atomic mass is 10.1. The van der Waals surface area contributed by atoms with E-state index in [0.717, 1.165) is 11.3 Å². The van der Waals surface area contributed by atoms with Gasteiger partial charge in [-0.2, -0.15) is 4.98 Å². The predicted molar refractivity (Wildman–Crippen MR) is 173 cm³/mol. The third kappa shape index (κ3) is 7.95. The Balaban J connectivity index is 1.30. The van der Waals surface area contributed by atoms with Crippen LogP contribution in [0.4, 0.5) is 16.3 Å². The number of benzene rings is 2. The number of carbonyl (C=O) groups is 2. The number of urea groups is 1. The summed E-state index contributed by atoms with van der Waals surface area (Å²) in [7, 11) is 3.17. The van der Waals surface area contributed by atoms with E-state index in [2.05, 4.69) is 25.5 Å². The number of hydrogen-bond donors (Lipinski definition) is 2. The van der Waals surface area contributed by atoms with Crippen molar-refractivity contribution in [2.75, 3.05) is 50.6 Å². The Morgan fingerprint density at radius 1 is 1.00 bits per heavy atom. The molecule has 3 heterocycles. The number of hydrogen-bond acceptors (Lipinski definition) is 8. The van der Waals surface area contributed by atoms with Crippen molar-refractivity contribution >= 4 is 46.6 Å². The summed E-state index contributed by atoms with van der Waals surface area (Å²) in [6, 6.07) is 11.7. The Labute approximate surface area is 271 Å². The molecule has 5 rings (SSSR count). The Hall–Kier alpha value is -4.55. The van der Waals surface area contributed by atoms with Gasteiger partial charge >= 0.3 is 6.03 Å². The van der Waals surface area contributed by atoms with Crippen molar-refractivity contribution in [2.45, 2.75) is 25.8 Å². The molecule has 0 spiro atoms. The number of imidazole rings is 1. The Kier molecular flexibility index (Phi) is 10.3. The summed E-state index contributed by atoms with van der Waals surface area (Å²) in [6.07, 6.45) is 5.77. The lowest BCUT2D eigenvalue weighted by molar-refractivity contribution is -0.122. The average molecular weight is 654 g/mol. The van der Waals surface area contributed by atoms with E-state index < -0.39 is 6.04 Å². The highest BCUT2D eigenvalue weighted by atomic mass is 35.5. The number of nitrogens with one attached hydrogen (secondary N) is 2. The molecule has 2 N–H and O–H groups in total. The molecule has 0 aliphatic carbocycles. The monoisotopic (exact) mass is 652 g/mol. The second-order valence-corrected chi connectivity index (χ2v) is 11.3. The quantitative estimate of drug-likeness (QED) is 0.251. The van der Waals surface area contributed by atoms with E-state index in [1.165, 1.54) is 0 Å². The first-order valence-electron chi connectivity index (χ1n) is 14.3. The number of carbonyl (C=O) groups excluding carboxylic acids is 2. The van der Waals surface area contributed by atoms with E-state index in [4.69, 9.17) is 37.7 Å².